The zero-order valence-electron chi connectivity index (χ0n) is 18.4. The van der Waals surface area contributed by atoms with Gasteiger partial charge in [-0.25, -0.2) is 5.43 Å². The van der Waals surface area contributed by atoms with Gasteiger partial charge in [-0.2, -0.15) is 5.10 Å². The molecule has 6 nitrogen and oxygen atoms in total. The van der Waals surface area contributed by atoms with Crippen LogP contribution in [-0.2, 0) is 6.61 Å². The van der Waals surface area contributed by atoms with Crippen LogP contribution in [0.15, 0.2) is 77.9 Å². The molecule has 0 unspecified atom stereocenters. The number of hydrogen-bond acceptors (Lipinski definition) is 5. The van der Waals surface area contributed by atoms with E-state index in [0.29, 0.717) is 42.6 Å². The number of hydrogen-bond donors (Lipinski definition) is 1. The minimum absolute atomic E-state index is 0.341. The Morgan fingerprint density at radius 2 is 1.66 bits per heavy atom. The van der Waals surface area contributed by atoms with Gasteiger partial charge in [0.1, 0.15) is 12.4 Å². The summed E-state index contributed by atoms with van der Waals surface area (Å²) in [7, 11) is 0. The van der Waals surface area contributed by atoms with Crippen molar-refractivity contribution >= 4 is 12.1 Å². The molecule has 0 aliphatic heterocycles. The fourth-order valence-electron chi connectivity index (χ4n) is 2.93. The van der Waals surface area contributed by atoms with Crippen LogP contribution in [0.4, 0.5) is 0 Å². The van der Waals surface area contributed by atoms with E-state index in [-0.39, 0.29) is 5.91 Å². The van der Waals surface area contributed by atoms with E-state index in [1.165, 1.54) is 0 Å². The maximum Gasteiger partial charge on any atom is 0.271 e. The van der Waals surface area contributed by atoms with Crippen LogP contribution in [0.1, 0.15) is 41.8 Å². The highest BCUT2D eigenvalue weighted by Crippen LogP contribution is 2.28. The van der Waals surface area contributed by atoms with Crippen LogP contribution in [0.2, 0.25) is 0 Å². The highest BCUT2D eigenvalue weighted by molar-refractivity contribution is 5.95. The molecule has 0 bridgehead atoms. The molecule has 0 fully saturated rings. The summed E-state index contributed by atoms with van der Waals surface area (Å²) in [4.78, 5) is 12.6. The Morgan fingerprint density at radius 3 is 2.44 bits per heavy atom. The first kappa shape index (κ1) is 22.9. The number of rotatable bonds is 11. The Hall–Kier alpha value is -3.80. The van der Waals surface area contributed by atoms with Crippen molar-refractivity contribution < 1.29 is 19.0 Å². The van der Waals surface area contributed by atoms with E-state index in [1.807, 2.05) is 68.4 Å². The van der Waals surface area contributed by atoms with Crippen LogP contribution in [0.5, 0.6) is 17.2 Å². The quantitative estimate of drug-likeness (QED) is 0.333. The van der Waals surface area contributed by atoms with Crippen LogP contribution >= 0.6 is 0 Å². The fraction of sp³-hybridized carbons (Fsp3) is 0.231. The molecule has 0 spiro atoms. The molecule has 1 amide bonds. The molecular formula is C26H28N2O4. The van der Waals surface area contributed by atoms with Gasteiger partial charge in [-0.3, -0.25) is 4.79 Å². The maximum atomic E-state index is 12.6. The number of hydrazone groups is 1. The van der Waals surface area contributed by atoms with Crippen LogP contribution in [-0.4, -0.2) is 25.3 Å². The molecule has 3 aromatic carbocycles. The number of carbonyl (C=O) groups excluding carboxylic acids is 1. The number of nitrogens with one attached hydrogen (secondary N) is 1. The van der Waals surface area contributed by atoms with E-state index in [9.17, 15) is 4.79 Å². The third-order valence-corrected chi connectivity index (χ3v) is 4.49. The summed E-state index contributed by atoms with van der Waals surface area (Å²) in [6.45, 7) is 5.43. The monoisotopic (exact) mass is 432 g/mol. The van der Waals surface area contributed by atoms with Crippen LogP contribution in [0.3, 0.4) is 0 Å². The Morgan fingerprint density at radius 1 is 0.875 bits per heavy atom. The van der Waals surface area contributed by atoms with Crippen molar-refractivity contribution in [1.29, 1.82) is 0 Å². The van der Waals surface area contributed by atoms with Crippen LogP contribution in [0, 0.1) is 0 Å². The van der Waals surface area contributed by atoms with Gasteiger partial charge in [0.2, 0.25) is 0 Å². The molecule has 0 saturated heterocycles. The largest absolute Gasteiger partial charge is 0.490 e. The first-order valence-electron chi connectivity index (χ1n) is 10.7. The molecule has 166 valence electrons. The zero-order valence-corrected chi connectivity index (χ0v) is 18.4. The third-order valence-electron chi connectivity index (χ3n) is 4.49. The Balaban J connectivity index is 1.64. The standard InChI is InChI=1S/C26H28N2O4/c1-3-16-31-24-15-14-21(17-25(24)30-4-2)26(29)28-27-18-22-12-8-9-13-23(22)32-19-20-10-6-5-7-11-20/h5-15,17-18H,3-4,16,19H2,1-2H3,(H,28,29)/b27-18+. The van der Waals surface area contributed by atoms with E-state index in [2.05, 4.69) is 10.5 Å². The molecule has 3 aromatic rings. The molecule has 0 radical (unpaired) electrons. The van der Waals surface area contributed by atoms with Gasteiger partial charge in [-0.1, -0.05) is 49.4 Å². The second-order valence-electron chi connectivity index (χ2n) is 6.95. The van der Waals surface area contributed by atoms with Crippen molar-refractivity contribution in [1.82, 2.24) is 5.43 Å². The van der Waals surface area contributed by atoms with E-state index in [1.54, 1.807) is 24.4 Å². The Kier molecular flexibility index (Phi) is 8.69. The predicted octanol–water partition coefficient (Wildman–Crippen LogP) is 5.22. The fourth-order valence-corrected chi connectivity index (χ4v) is 2.93. The number of nitrogens with zero attached hydrogens (tertiary/aromatic N) is 1. The minimum atomic E-state index is -0.341. The lowest BCUT2D eigenvalue weighted by Gasteiger charge is -2.12. The smallest absolute Gasteiger partial charge is 0.271 e. The summed E-state index contributed by atoms with van der Waals surface area (Å²) in [5, 5.41) is 4.10. The van der Waals surface area contributed by atoms with Crippen molar-refractivity contribution in [2.75, 3.05) is 13.2 Å². The lowest BCUT2D eigenvalue weighted by Crippen LogP contribution is -2.18. The summed E-state index contributed by atoms with van der Waals surface area (Å²) >= 11 is 0. The van der Waals surface area contributed by atoms with Gasteiger partial charge in [0.25, 0.3) is 5.91 Å². The minimum Gasteiger partial charge on any atom is -0.490 e. The van der Waals surface area contributed by atoms with Gasteiger partial charge < -0.3 is 14.2 Å². The van der Waals surface area contributed by atoms with Crippen molar-refractivity contribution in [3.63, 3.8) is 0 Å². The average Bonchev–Trinajstić information content (AvgIpc) is 2.83. The van der Waals surface area contributed by atoms with Crippen molar-refractivity contribution in [3.8, 4) is 17.2 Å². The highest BCUT2D eigenvalue weighted by Gasteiger charge is 2.11. The van der Waals surface area contributed by atoms with Gasteiger partial charge in [0.15, 0.2) is 11.5 Å². The number of ether oxygens (including phenoxy) is 3. The van der Waals surface area contributed by atoms with Crippen molar-refractivity contribution in [3.05, 3.63) is 89.5 Å². The molecule has 3 rings (SSSR count). The predicted molar refractivity (Wildman–Crippen MR) is 126 cm³/mol. The molecular weight excluding hydrogens is 404 g/mol. The summed E-state index contributed by atoms with van der Waals surface area (Å²) in [6, 6.07) is 22.6. The first-order valence-corrected chi connectivity index (χ1v) is 10.7. The number of amides is 1. The second-order valence-corrected chi connectivity index (χ2v) is 6.95. The van der Waals surface area contributed by atoms with Gasteiger partial charge in [0, 0.05) is 11.1 Å². The first-order chi connectivity index (χ1) is 15.7. The third kappa shape index (κ3) is 6.60. The SMILES string of the molecule is CCCOc1ccc(C(=O)N/N=C/c2ccccc2OCc2ccccc2)cc1OCC. The summed E-state index contributed by atoms with van der Waals surface area (Å²) < 4.78 is 17.2. The molecule has 1 N–H and O–H groups in total. The molecule has 0 saturated carbocycles. The molecule has 0 aromatic heterocycles. The van der Waals surface area contributed by atoms with E-state index in [4.69, 9.17) is 14.2 Å². The molecule has 0 heterocycles. The number of benzene rings is 3. The summed E-state index contributed by atoms with van der Waals surface area (Å²) in [6.07, 6.45) is 2.46. The summed E-state index contributed by atoms with van der Waals surface area (Å²) in [5.74, 6) is 1.51. The zero-order chi connectivity index (χ0) is 22.6. The molecule has 6 heteroatoms. The Bertz CT molecular complexity index is 1040. The van der Waals surface area contributed by atoms with Gasteiger partial charge in [0.05, 0.1) is 19.4 Å². The molecule has 0 aliphatic carbocycles. The van der Waals surface area contributed by atoms with E-state index in [0.717, 1.165) is 17.5 Å². The second kappa shape index (κ2) is 12.2. The van der Waals surface area contributed by atoms with Crippen molar-refractivity contribution in [2.24, 2.45) is 5.10 Å². The van der Waals surface area contributed by atoms with Gasteiger partial charge in [-0.15, -0.1) is 0 Å². The average molecular weight is 433 g/mol. The topological polar surface area (TPSA) is 69.2 Å². The lowest BCUT2D eigenvalue weighted by molar-refractivity contribution is 0.0954. The molecule has 0 atom stereocenters. The van der Waals surface area contributed by atoms with Gasteiger partial charge in [-0.05, 0) is 49.2 Å². The number of carbonyl (C=O) groups is 1. The normalized spacial score (nSPS) is 10.7. The molecule has 0 aliphatic rings. The Labute approximate surface area is 188 Å². The maximum absolute atomic E-state index is 12.6. The van der Waals surface area contributed by atoms with Crippen molar-refractivity contribution in [2.45, 2.75) is 26.9 Å². The van der Waals surface area contributed by atoms with Crippen LogP contribution < -0.4 is 19.6 Å². The van der Waals surface area contributed by atoms with Gasteiger partial charge >= 0.3 is 0 Å². The molecule has 32 heavy (non-hydrogen) atoms. The summed E-state index contributed by atoms with van der Waals surface area (Å²) in [5.41, 5.74) is 4.83. The van der Waals surface area contributed by atoms with E-state index >= 15 is 0 Å². The van der Waals surface area contributed by atoms with Crippen LogP contribution in [0.25, 0.3) is 0 Å². The number of para-hydroxylation sites is 1. The lowest BCUT2D eigenvalue weighted by atomic mass is 10.2. The van der Waals surface area contributed by atoms with E-state index < -0.39 is 0 Å². The highest BCUT2D eigenvalue weighted by atomic mass is 16.5.